The first-order valence-corrected chi connectivity index (χ1v) is 9.64. The van der Waals surface area contributed by atoms with Gasteiger partial charge in [0, 0.05) is 23.6 Å². The van der Waals surface area contributed by atoms with Crippen LogP contribution < -0.4 is 10.6 Å². The number of alkyl halides is 1. The summed E-state index contributed by atoms with van der Waals surface area (Å²) in [6, 6.07) is 7.04. The van der Waals surface area contributed by atoms with E-state index in [1.165, 1.54) is 0 Å². The molecule has 2 amide bonds. The number of sulfone groups is 1. The maximum Gasteiger partial charge on any atom is 0.315 e. The number of nitrogens with one attached hydrogen (secondary N) is 3. The highest BCUT2D eigenvalue weighted by Crippen LogP contribution is 2.18. The number of halogens is 1. The zero-order chi connectivity index (χ0) is 16.4. The zero-order valence-electron chi connectivity index (χ0n) is 12.4. The van der Waals surface area contributed by atoms with Crippen LogP contribution in [0.3, 0.4) is 0 Å². The highest BCUT2D eigenvalue weighted by atomic mass is 35.5. The Morgan fingerprint density at radius 2 is 2.09 bits per heavy atom. The number of amides is 2. The maximum atomic E-state index is 11.9. The number of rotatable bonds is 4. The van der Waals surface area contributed by atoms with Crippen LogP contribution in [0.5, 0.6) is 0 Å². The van der Waals surface area contributed by atoms with Crippen LogP contribution in [0.4, 0.5) is 4.79 Å². The van der Waals surface area contributed by atoms with Crippen molar-refractivity contribution in [1.29, 1.82) is 0 Å². The molecule has 124 valence electrons. The molecule has 1 saturated heterocycles. The summed E-state index contributed by atoms with van der Waals surface area (Å²) in [6.45, 7) is 0.458. The Bertz CT molecular complexity index is 818. The number of aromatic amines is 1. The fourth-order valence-electron chi connectivity index (χ4n) is 2.81. The summed E-state index contributed by atoms with van der Waals surface area (Å²) in [7, 11) is -3.15. The second kappa shape index (κ2) is 6.41. The Kier molecular flexibility index (Phi) is 4.50. The summed E-state index contributed by atoms with van der Waals surface area (Å²) >= 11 is 5.96. The van der Waals surface area contributed by atoms with Gasteiger partial charge in [0.1, 0.15) is 0 Å². The van der Waals surface area contributed by atoms with Gasteiger partial charge in [0.2, 0.25) is 0 Å². The highest BCUT2D eigenvalue weighted by Gasteiger charge is 2.37. The second-order valence-corrected chi connectivity index (χ2v) is 8.42. The number of carbonyl (C=O) groups is 1. The standard InChI is InChI=1S/C15H18ClN3O3S/c16-12-8-23(21,22)9-14(12)19-15(20)17-6-5-10-7-18-13-4-2-1-3-11(10)13/h1-4,7,12,14,18H,5-6,8-9H2,(H2,17,19,20)/t12-,14+/m1/s1. The molecule has 8 heteroatoms. The van der Waals surface area contributed by atoms with Gasteiger partial charge in [-0.1, -0.05) is 18.2 Å². The lowest BCUT2D eigenvalue weighted by molar-refractivity contribution is 0.238. The van der Waals surface area contributed by atoms with Gasteiger partial charge in [-0.25, -0.2) is 13.2 Å². The molecule has 3 N–H and O–H groups in total. The van der Waals surface area contributed by atoms with Crippen molar-refractivity contribution >= 4 is 38.4 Å². The van der Waals surface area contributed by atoms with Gasteiger partial charge >= 0.3 is 6.03 Å². The molecule has 0 saturated carbocycles. The molecule has 1 fully saturated rings. The molecule has 6 nitrogen and oxygen atoms in total. The van der Waals surface area contributed by atoms with E-state index < -0.39 is 27.3 Å². The minimum Gasteiger partial charge on any atom is -0.361 e. The van der Waals surface area contributed by atoms with E-state index in [0.717, 1.165) is 16.5 Å². The second-order valence-electron chi connectivity index (χ2n) is 5.71. The number of hydrogen-bond donors (Lipinski definition) is 3. The van der Waals surface area contributed by atoms with Crippen LogP contribution in [0.1, 0.15) is 5.56 Å². The Morgan fingerprint density at radius 1 is 1.30 bits per heavy atom. The first kappa shape index (κ1) is 16.1. The summed E-state index contributed by atoms with van der Waals surface area (Å²) in [6.07, 6.45) is 2.62. The molecule has 23 heavy (non-hydrogen) atoms. The normalized spacial score (nSPS) is 23.0. The van der Waals surface area contributed by atoms with Gasteiger partial charge in [-0.3, -0.25) is 0 Å². The van der Waals surface area contributed by atoms with Gasteiger partial charge in [0.25, 0.3) is 0 Å². The first-order chi connectivity index (χ1) is 10.9. The van der Waals surface area contributed by atoms with E-state index in [1.54, 1.807) is 0 Å². The summed E-state index contributed by atoms with van der Waals surface area (Å²) in [4.78, 5) is 15.1. The van der Waals surface area contributed by atoms with Crippen molar-refractivity contribution in [3.8, 4) is 0 Å². The summed E-state index contributed by atoms with van der Waals surface area (Å²) in [5.41, 5.74) is 2.19. The monoisotopic (exact) mass is 355 g/mol. The number of para-hydroxylation sites is 1. The molecule has 2 heterocycles. The topological polar surface area (TPSA) is 91.1 Å². The first-order valence-electron chi connectivity index (χ1n) is 7.38. The lowest BCUT2D eigenvalue weighted by atomic mass is 10.1. The lowest BCUT2D eigenvalue weighted by Crippen LogP contribution is -2.46. The molecule has 3 rings (SSSR count). The Balaban J connectivity index is 1.50. The van der Waals surface area contributed by atoms with Crippen LogP contribution in [0.25, 0.3) is 10.9 Å². The van der Waals surface area contributed by atoms with Gasteiger partial charge in [0.15, 0.2) is 9.84 Å². The van der Waals surface area contributed by atoms with Crippen molar-refractivity contribution < 1.29 is 13.2 Å². The van der Waals surface area contributed by atoms with Crippen LogP contribution in [-0.4, -0.2) is 48.9 Å². The molecule has 0 spiro atoms. The van der Waals surface area contributed by atoms with Crippen LogP contribution in [0.2, 0.25) is 0 Å². The quantitative estimate of drug-likeness (QED) is 0.724. The SMILES string of the molecule is O=C(NCCc1c[nH]c2ccccc12)N[C@H]1CS(=O)(=O)C[C@H]1Cl. The van der Waals surface area contributed by atoms with Crippen LogP contribution in [-0.2, 0) is 16.3 Å². The van der Waals surface area contributed by atoms with E-state index in [1.807, 2.05) is 30.5 Å². The molecule has 1 aliphatic rings. The van der Waals surface area contributed by atoms with Crippen molar-refractivity contribution in [3.63, 3.8) is 0 Å². The average molecular weight is 356 g/mol. The molecule has 1 aliphatic heterocycles. The number of carbonyl (C=O) groups excluding carboxylic acids is 1. The number of fused-ring (bicyclic) bond motifs is 1. The minimum absolute atomic E-state index is 0.0885. The van der Waals surface area contributed by atoms with Crippen molar-refractivity contribution in [2.24, 2.45) is 0 Å². The van der Waals surface area contributed by atoms with E-state index in [-0.39, 0.29) is 11.5 Å². The predicted octanol–water partition coefficient (Wildman–Crippen LogP) is 1.41. The Hall–Kier alpha value is -1.73. The predicted molar refractivity (Wildman–Crippen MR) is 90.6 cm³/mol. The third-order valence-electron chi connectivity index (χ3n) is 3.95. The molecule has 1 aromatic carbocycles. The molecular weight excluding hydrogens is 338 g/mol. The van der Waals surface area contributed by atoms with E-state index in [0.29, 0.717) is 13.0 Å². The summed E-state index contributed by atoms with van der Waals surface area (Å²) in [5, 5.41) is 5.94. The molecular formula is C15H18ClN3O3S. The number of urea groups is 1. The molecule has 1 aromatic heterocycles. The third kappa shape index (κ3) is 3.79. The fourth-order valence-corrected chi connectivity index (χ4v) is 5.36. The van der Waals surface area contributed by atoms with Crippen molar-refractivity contribution in [1.82, 2.24) is 15.6 Å². The van der Waals surface area contributed by atoms with Gasteiger partial charge in [-0.15, -0.1) is 11.6 Å². The van der Waals surface area contributed by atoms with Gasteiger partial charge in [-0.05, 0) is 18.1 Å². The van der Waals surface area contributed by atoms with Gasteiger partial charge in [-0.2, -0.15) is 0 Å². The molecule has 2 atom stereocenters. The minimum atomic E-state index is -3.15. The molecule has 2 aromatic rings. The van der Waals surface area contributed by atoms with Crippen molar-refractivity contribution in [2.45, 2.75) is 17.8 Å². The summed E-state index contributed by atoms with van der Waals surface area (Å²) in [5.74, 6) is -0.189. The van der Waals surface area contributed by atoms with Crippen molar-refractivity contribution in [2.75, 3.05) is 18.1 Å². The largest absolute Gasteiger partial charge is 0.361 e. The molecule has 0 bridgehead atoms. The van der Waals surface area contributed by atoms with Gasteiger partial charge < -0.3 is 15.6 Å². The van der Waals surface area contributed by atoms with E-state index >= 15 is 0 Å². The molecule has 0 aliphatic carbocycles. The van der Waals surface area contributed by atoms with Crippen LogP contribution >= 0.6 is 11.6 Å². The summed E-state index contributed by atoms with van der Waals surface area (Å²) < 4.78 is 22.9. The van der Waals surface area contributed by atoms with Gasteiger partial charge in [0.05, 0.1) is 22.9 Å². The Labute approximate surface area is 139 Å². The van der Waals surface area contributed by atoms with Crippen LogP contribution in [0.15, 0.2) is 30.5 Å². The molecule has 0 radical (unpaired) electrons. The highest BCUT2D eigenvalue weighted by molar-refractivity contribution is 7.91. The number of H-pyrrole nitrogens is 1. The Morgan fingerprint density at radius 3 is 2.83 bits per heavy atom. The molecule has 0 unspecified atom stereocenters. The average Bonchev–Trinajstić information content (AvgIpc) is 3.00. The van der Waals surface area contributed by atoms with Crippen molar-refractivity contribution in [3.05, 3.63) is 36.0 Å². The maximum absolute atomic E-state index is 11.9. The van der Waals surface area contributed by atoms with E-state index in [4.69, 9.17) is 11.6 Å². The number of hydrogen-bond acceptors (Lipinski definition) is 3. The number of benzene rings is 1. The van der Waals surface area contributed by atoms with Crippen LogP contribution in [0, 0.1) is 0 Å². The zero-order valence-corrected chi connectivity index (χ0v) is 14.0. The lowest BCUT2D eigenvalue weighted by Gasteiger charge is -2.14. The van der Waals surface area contributed by atoms with E-state index in [9.17, 15) is 13.2 Å². The van der Waals surface area contributed by atoms with E-state index in [2.05, 4.69) is 15.6 Å². The third-order valence-corrected chi connectivity index (χ3v) is 6.33. The fraction of sp³-hybridized carbons (Fsp3) is 0.400. The number of aromatic nitrogens is 1. The smallest absolute Gasteiger partial charge is 0.315 e.